The third-order valence-corrected chi connectivity index (χ3v) is 3.14. The van der Waals surface area contributed by atoms with Gasteiger partial charge < -0.3 is 20.3 Å². The molecule has 0 bridgehead atoms. The van der Waals surface area contributed by atoms with Gasteiger partial charge in [-0.2, -0.15) is 0 Å². The number of phenols is 1. The fourth-order valence-electron chi connectivity index (χ4n) is 2.12. The molecule has 0 amide bonds. The van der Waals surface area contributed by atoms with E-state index >= 15 is 0 Å². The van der Waals surface area contributed by atoms with Crippen molar-refractivity contribution in [3.8, 4) is 5.75 Å². The number of rotatable bonds is 7. The molecular weight excluding hydrogens is 256 g/mol. The molecule has 20 heavy (non-hydrogen) atoms. The number of nitrogens with one attached hydrogen (secondary N) is 1. The van der Waals surface area contributed by atoms with Crippen LogP contribution < -0.4 is 0 Å². The molecule has 1 aromatic heterocycles. The van der Waals surface area contributed by atoms with E-state index in [2.05, 4.69) is 9.97 Å². The minimum atomic E-state index is -0.763. The van der Waals surface area contributed by atoms with Crippen LogP contribution in [0.15, 0.2) is 30.5 Å². The molecule has 1 unspecified atom stereocenters. The lowest BCUT2D eigenvalue weighted by Crippen LogP contribution is -2.15. The van der Waals surface area contributed by atoms with E-state index in [1.807, 2.05) is 12.1 Å². The van der Waals surface area contributed by atoms with Crippen LogP contribution in [0.4, 0.5) is 0 Å². The number of H-pyrrole nitrogens is 1. The van der Waals surface area contributed by atoms with Gasteiger partial charge in [0.1, 0.15) is 11.6 Å². The van der Waals surface area contributed by atoms with Crippen LogP contribution in [0, 0.1) is 0 Å². The molecule has 1 heterocycles. The predicted octanol–water partition coefficient (Wildman–Crippen LogP) is 1.19. The Bertz CT molecular complexity index is 539. The molecule has 0 saturated heterocycles. The second-order valence-electron chi connectivity index (χ2n) is 4.92. The molecule has 0 aliphatic heterocycles. The number of aliphatic hydroxyl groups is 2. The van der Waals surface area contributed by atoms with Gasteiger partial charge in [-0.3, -0.25) is 0 Å². The van der Waals surface area contributed by atoms with Crippen molar-refractivity contribution in [1.82, 2.24) is 9.97 Å². The Morgan fingerprint density at radius 2 is 2.10 bits per heavy atom. The zero-order chi connectivity index (χ0) is 14.4. The van der Waals surface area contributed by atoms with Crippen LogP contribution in [0.2, 0.25) is 0 Å². The number of aromatic hydroxyl groups is 1. The highest BCUT2D eigenvalue weighted by molar-refractivity contribution is 5.27. The minimum absolute atomic E-state index is 0.256. The Hall–Kier alpha value is -1.85. The lowest BCUT2D eigenvalue weighted by atomic mass is 10.1. The van der Waals surface area contributed by atoms with Crippen LogP contribution in [0.3, 0.4) is 0 Å². The summed E-state index contributed by atoms with van der Waals surface area (Å²) in [7, 11) is 0. The largest absolute Gasteiger partial charge is 0.508 e. The van der Waals surface area contributed by atoms with Gasteiger partial charge in [0.2, 0.25) is 0 Å². The molecule has 0 radical (unpaired) electrons. The average molecular weight is 276 g/mol. The van der Waals surface area contributed by atoms with Crippen LogP contribution in [0.1, 0.15) is 23.5 Å². The third-order valence-electron chi connectivity index (χ3n) is 3.14. The van der Waals surface area contributed by atoms with Gasteiger partial charge >= 0.3 is 0 Å². The smallest absolute Gasteiger partial charge is 0.115 e. The van der Waals surface area contributed by atoms with Crippen molar-refractivity contribution < 1.29 is 15.3 Å². The normalized spacial score (nSPS) is 12.5. The highest BCUT2D eigenvalue weighted by Crippen LogP contribution is 2.13. The number of benzene rings is 1. The number of aliphatic hydroxyl groups excluding tert-OH is 2. The quantitative estimate of drug-likeness (QED) is 0.611. The van der Waals surface area contributed by atoms with E-state index in [4.69, 9.17) is 5.11 Å². The summed E-state index contributed by atoms with van der Waals surface area (Å²) in [5.41, 5.74) is 2.13. The van der Waals surface area contributed by atoms with E-state index < -0.39 is 6.10 Å². The number of aromatic amines is 1. The van der Waals surface area contributed by atoms with Gasteiger partial charge in [-0.1, -0.05) is 12.1 Å². The monoisotopic (exact) mass is 276 g/mol. The van der Waals surface area contributed by atoms with Gasteiger partial charge in [0, 0.05) is 18.3 Å². The summed E-state index contributed by atoms with van der Waals surface area (Å²) in [6, 6.07) is 7.28. The molecular formula is C15H20N2O3. The summed E-state index contributed by atoms with van der Waals surface area (Å²) < 4.78 is 0. The second kappa shape index (κ2) is 7.07. The number of hydrogen-bond acceptors (Lipinski definition) is 4. The average Bonchev–Trinajstić information content (AvgIpc) is 2.86. The molecule has 108 valence electrons. The predicted molar refractivity (Wildman–Crippen MR) is 75.5 cm³/mol. The highest BCUT2D eigenvalue weighted by atomic mass is 16.3. The summed E-state index contributed by atoms with van der Waals surface area (Å²) >= 11 is 0. The Balaban J connectivity index is 1.79. The Kier molecular flexibility index (Phi) is 5.15. The molecule has 0 aliphatic carbocycles. The zero-order valence-electron chi connectivity index (χ0n) is 11.3. The molecule has 4 N–H and O–H groups in total. The van der Waals surface area contributed by atoms with Crippen LogP contribution in [-0.4, -0.2) is 38.0 Å². The van der Waals surface area contributed by atoms with E-state index in [-0.39, 0.29) is 6.61 Å². The zero-order valence-corrected chi connectivity index (χ0v) is 11.3. The maximum absolute atomic E-state index is 9.38. The summed E-state index contributed by atoms with van der Waals surface area (Å²) in [6.45, 7) is -0.256. The number of hydrogen-bond donors (Lipinski definition) is 4. The first kappa shape index (κ1) is 14.6. The Labute approximate surface area is 117 Å². The lowest BCUT2D eigenvalue weighted by molar-refractivity contribution is 0.0940. The van der Waals surface area contributed by atoms with Crippen molar-refractivity contribution >= 4 is 0 Å². The molecule has 0 saturated carbocycles. The fourth-order valence-corrected chi connectivity index (χ4v) is 2.12. The highest BCUT2D eigenvalue weighted by Gasteiger charge is 2.07. The summed E-state index contributed by atoms with van der Waals surface area (Å²) in [4.78, 5) is 7.32. The van der Waals surface area contributed by atoms with Gasteiger partial charge in [0.15, 0.2) is 0 Å². The van der Waals surface area contributed by atoms with Crippen LogP contribution in [0.5, 0.6) is 5.75 Å². The SMILES string of the molecule is OCC(O)Cc1ncc(CCCc2cccc(O)c2)[nH]1. The standard InChI is InChI=1S/C15H20N2O3/c18-10-14(20)8-15-16-9-12(17-15)5-1-3-11-4-2-6-13(19)7-11/h2,4,6-7,9,14,18-20H,1,3,5,8,10H2,(H,16,17). The van der Waals surface area contributed by atoms with E-state index in [9.17, 15) is 10.2 Å². The summed E-state index contributed by atoms with van der Waals surface area (Å²) in [6.07, 6.45) is 4.04. The van der Waals surface area contributed by atoms with Crippen molar-refractivity contribution in [3.63, 3.8) is 0 Å². The van der Waals surface area contributed by atoms with Crippen LogP contribution >= 0.6 is 0 Å². The van der Waals surface area contributed by atoms with Crippen LogP contribution in [-0.2, 0) is 19.3 Å². The Morgan fingerprint density at radius 3 is 2.85 bits per heavy atom. The summed E-state index contributed by atoms with van der Waals surface area (Å²) in [5.74, 6) is 0.989. The fraction of sp³-hybridized carbons (Fsp3) is 0.400. The van der Waals surface area contributed by atoms with Crippen molar-refractivity contribution in [2.45, 2.75) is 31.8 Å². The van der Waals surface area contributed by atoms with Gasteiger partial charge in [-0.05, 0) is 37.0 Å². The first-order chi connectivity index (χ1) is 9.67. The second-order valence-corrected chi connectivity index (χ2v) is 4.92. The number of imidazole rings is 1. The van der Waals surface area contributed by atoms with Crippen molar-refractivity contribution in [2.75, 3.05) is 6.61 Å². The summed E-state index contributed by atoms with van der Waals surface area (Å²) in [5, 5.41) is 27.5. The minimum Gasteiger partial charge on any atom is -0.508 e. The number of phenolic OH excluding ortho intramolecular Hbond substituents is 1. The topological polar surface area (TPSA) is 89.4 Å². The Morgan fingerprint density at radius 1 is 1.25 bits per heavy atom. The van der Waals surface area contributed by atoms with E-state index in [1.54, 1.807) is 18.3 Å². The van der Waals surface area contributed by atoms with Crippen molar-refractivity contribution in [1.29, 1.82) is 0 Å². The number of aryl methyl sites for hydroxylation is 2. The molecule has 0 aliphatic rings. The molecule has 5 nitrogen and oxygen atoms in total. The maximum atomic E-state index is 9.38. The third kappa shape index (κ3) is 4.36. The number of aromatic nitrogens is 2. The van der Waals surface area contributed by atoms with Crippen molar-refractivity contribution in [3.05, 3.63) is 47.5 Å². The first-order valence-corrected chi connectivity index (χ1v) is 6.77. The molecule has 2 rings (SSSR count). The van der Waals surface area contributed by atoms with Crippen molar-refractivity contribution in [2.24, 2.45) is 0 Å². The first-order valence-electron chi connectivity index (χ1n) is 6.77. The molecule has 0 fully saturated rings. The van der Waals surface area contributed by atoms with Gasteiger partial charge in [-0.25, -0.2) is 4.98 Å². The van der Waals surface area contributed by atoms with E-state index in [1.165, 1.54) is 0 Å². The lowest BCUT2D eigenvalue weighted by Gasteiger charge is -2.03. The number of nitrogens with zero attached hydrogens (tertiary/aromatic N) is 1. The van der Waals surface area contributed by atoms with Gasteiger partial charge in [0.05, 0.1) is 12.7 Å². The van der Waals surface area contributed by atoms with Gasteiger partial charge in [0.25, 0.3) is 0 Å². The molecule has 1 aromatic carbocycles. The molecule has 5 heteroatoms. The molecule has 2 aromatic rings. The van der Waals surface area contributed by atoms with Gasteiger partial charge in [-0.15, -0.1) is 0 Å². The van der Waals surface area contributed by atoms with E-state index in [0.717, 1.165) is 30.5 Å². The maximum Gasteiger partial charge on any atom is 0.115 e. The van der Waals surface area contributed by atoms with E-state index in [0.29, 0.717) is 18.0 Å². The van der Waals surface area contributed by atoms with Crippen LogP contribution in [0.25, 0.3) is 0 Å². The molecule has 0 spiro atoms. The molecule has 1 atom stereocenters.